The van der Waals surface area contributed by atoms with E-state index >= 15 is 0 Å². The Hall–Kier alpha value is -1.27. The average molecular weight is 500 g/mol. The number of nitrogens with zero attached hydrogens (tertiary/aromatic N) is 3. The number of hydrogen-bond donors (Lipinski definition) is 1. The van der Waals surface area contributed by atoms with Crippen molar-refractivity contribution in [2.24, 2.45) is 10.7 Å². The number of nitrogens with two attached hydrogens (primary N) is 1. The standard InChI is InChI=1S/C17H23F3N4O2.HI/c18-17(19,20)15-11-14(23-3-7-25-8-4-23)2-1-13(15)12-22-16(21)24-5-9-26-10-6-24;/h1-2,11H,3-10,12H2,(H2,21,22);1H. The average Bonchev–Trinajstić information content (AvgIpc) is 2.66. The molecule has 0 atom stereocenters. The van der Waals surface area contributed by atoms with Crippen molar-refractivity contribution < 1.29 is 22.6 Å². The molecule has 0 unspecified atom stereocenters. The van der Waals surface area contributed by atoms with Gasteiger partial charge in [0.05, 0.1) is 38.5 Å². The third kappa shape index (κ3) is 5.85. The maximum absolute atomic E-state index is 13.5. The van der Waals surface area contributed by atoms with Crippen molar-refractivity contribution in [3.63, 3.8) is 0 Å². The molecule has 2 aliphatic heterocycles. The van der Waals surface area contributed by atoms with Gasteiger partial charge in [-0.05, 0) is 17.7 Å². The van der Waals surface area contributed by atoms with Gasteiger partial charge in [0.2, 0.25) is 0 Å². The van der Waals surface area contributed by atoms with E-state index in [2.05, 4.69) is 4.99 Å². The molecule has 1 aromatic carbocycles. The van der Waals surface area contributed by atoms with E-state index in [0.717, 1.165) is 0 Å². The molecule has 2 heterocycles. The molecule has 152 valence electrons. The van der Waals surface area contributed by atoms with E-state index < -0.39 is 11.7 Å². The predicted molar refractivity (Wildman–Crippen MR) is 108 cm³/mol. The number of rotatable bonds is 3. The summed E-state index contributed by atoms with van der Waals surface area (Å²) in [6, 6.07) is 4.39. The van der Waals surface area contributed by atoms with Gasteiger partial charge in [0, 0.05) is 31.9 Å². The zero-order valence-corrected chi connectivity index (χ0v) is 17.2. The number of aliphatic imine (C=N–C) groups is 1. The van der Waals surface area contributed by atoms with Crippen molar-refractivity contribution in [2.45, 2.75) is 12.7 Å². The van der Waals surface area contributed by atoms with Crippen LogP contribution in [0.3, 0.4) is 0 Å². The second-order valence-corrected chi connectivity index (χ2v) is 6.21. The lowest BCUT2D eigenvalue weighted by atomic mass is 10.1. The van der Waals surface area contributed by atoms with Crippen LogP contribution in [0.4, 0.5) is 18.9 Å². The maximum atomic E-state index is 13.5. The molecule has 0 amide bonds. The van der Waals surface area contributed by atoms with Crippen molar-refractivity contribution in [2.75, 3.05) is 57.5 Å². The lowest BCUT2D eigenvalue weighted by molar-refractivity contribution is -0.138. The highest BCUT2D eigenvalue weighted by atomic mass is 127. The Bertz CT molecular complexity index is 646. The lowest BCUT2D eigenvalue weighted by Gasteiger charge is -2.30. The summed E-state index contributed by atoms with van der Waals surface area (Å²) >= 11 is 0. The van der Waals surface area contributed by atoms with Gasteiger partial charge < -0.3 is 25.0 Å². The van der Waals surface area contributed by atoms with E-state index in [1.807, 2.05) is 9.80 Å². The van der Waals surface area contributed by atoms with E-state index in [1.165, 1.54) is 12.1 Å². The number of morpholine rings is 2. The first-order valence-corrected chi connectivity index (χ1v) is 8.60. The molecule has 0 saturated carbocycles. The van der Waals surface area contributed by atoms with Crippen molar-refractivity contribution in [3.05, 3.63) is 29.3 Å². The minimum absolute atomic E-state index is 0. The number of halogens is 4. The summed E-state index contributed by atoms with van der Waals surface area (Å²) in [5, 5.41) is 0. The van der Waals surface area contributed by atoms with E-state index in [0.29, 0.717) is 58.3 Å². The van der Waals surface area contributed by atoms with E-state index in [1.54, 1.807) is 6.07 Å². The first-order chi connectivity index (χ1) is 12.4. The molecular formula is C17H24F3IN4O2. The highest BCUT2D eigenvalue weighted by Gasteiger charge is 2.34. The fraction of sp³-hybridized carbons (Fsp3) is 0.588. The highest BCUT2D eigenvalue weighted by Crippen LogP contribution is 2.35. The second-order valence-electron chi connectivity index (χ2n) is 6.21. The first kappa shape index (κ1) is 22.0. The van der Waals surface area contributed by atoms with Gasteiger partial charge in [-0.3, -0.25) is 0 Å². The first-order valence-electron chi connectivity index (χ1n) is 8.60. The Morgan fingerprint density at radius 2 is 1.63 bits per heavy atom. The summed E-state index contributed by atoms with van der Waals surface area (Å²) in [7, 11) is 0. The zero-order valence-electron chi connectivity index (χ0n) is 14.9. The summed E-state index contributed by atoms with van der Waals surface area (Å²) in [4.78, 5) is 7.88. The Balaban J connectivity index is 0.00000261. The second kappa shape index (κ2) is 9.78. The number of benzene rings is 1. The van der Waals surface area contributed by atoms with Crippen molar-refractivity contribution >= 4 is 35.6 Å². The minimum Gasteiger partial charge on any atom is -0.378 e. The van der Waals surface area contributed by atoms with Gasteiger partial charge in [-0.15, -0.1) is 24.0 Å². The Morgan fingerprint density at radius 1 is 1.04 bits per heavy atom. The van der Waals surface area contributed by atoms with Crippen molar-refractivity contribution in [1.29, 1.82) is 0 Å². The molecule has 1 aromatic rings. The molecule has 0 aromatic heterocycles. The van der Waals surface area contributed by atoms with Crippen molar-refractivity contribution in [1.82, 2.24) is 4.90 Å². The van der Waals surface area contributed by atoms with Crippen molar-refractivity contribution in [3.8, 4) is 0 Å². The third-order valence-electron chi connectivity index (χ3n) is 4.52. The molecule has 2 aliphatic rings. The van der Waals surface area contributed by atoms with Gasteiger partial charge in [-0.1, -0.05) is 6.07 Å². The van der Waals surface area contributed by atoms with Gasteiger partial charge in [0.1, 0.15) is 0 Å². The molecule has 2 saturated heterocycles. The van der Waals surface area contributed by atoms with Gasteiger partial charge in [-0.2, -0.15) is 13.2 Å². The summed E-state index contributed by atoms with van der Waals surface area (Å²) in [6.07, 6.45) is -4.44. The van der Waals surface area contributed by atoms with E-state index in [9.17, 15) is 13.2 Å². The predicted octanol–water partition coefficient (Wildman–Crippen LogP) is 2.31. The van der Waals surface area contributed by atoms with E-state index in [-0.39, 0.29) is 42.0 Å². The fourth-order valence-corrected chi connectivity index (χ4v) is 3.04. The van der Waals surface area contributed by atoms with Crippen LogP contribution in [0.15, 0.2) is 23.2 Å². The van der Waals surface area contributed by atoms with Gasteiger partial charge in [0.15, 0.2) is 5.96 Å². The maximum Gasteiger partial charge on any atom is 0.416 e. The zero-order chi connectivity index (χ0) is 18.6. The molecule has 0 radical (unpaired) electrons. The van der Waals surface area contributed by atoms with Crippen LogP contribution >= 0.6 is 24.0 Å². The molecule has 10 heteroatoms. The lowest BCUT2D eigenvalue weighted by Crippen LogP contribution is -2.44. The molecule has 27 heavy (non-hydrogen) atoms. The smallest absolute Gasteiger partial charge is 0.378 e. The van der Waals surface area contributed by atoms with Crippen LogP contribution in [-0.2, 0) is 22.2 Å². The Kier molecular flexibility index (Phi) is 7.98. The number of hydrogen-bond acceptors (Lipinski definition) is 4. The minimum atomic E-state index is -4.44. The SMILES string of the molecule is I.NC(=NCc1ccc(N2CCOCC2)cc1C(F)(F)F)N1CCOCC1. The normalized spacial score (nSPS) is 19.0. The quantitative estimate of drug-likeness (QED) is 0.392. The van der Waals surface area contributed by atoms with Crippen LogP contribution < -0.4 is 10.6 Å². The Morgan fingerprint density at radius 3 is 2.22 bits per heavy atom. The molecule has 3 rings (SSSR count). The summed E-state index contributed by atoms with van der Waals surface area (Å²) in [6.45, 7) is 4.36. The molecule has 2 N–H and O–H groups in total. The number of ether oxygens (including phenoxy) is 2. The highest BCUT2D eigenvalue weighted by molar-refractivity contribution is 14.0. The molecule has 0 aliphatic carbocycles. The molecule has 0 bridgehead atoms. The molecular weight excluding hydrogens is 476 g/mol. The largest absolute Gasteiger partial charge is 0.416 e. The van der Waals surface area contributed by atoms with Gasteiger partial charge in [-0.25, -0.2) is 4.99 Å². The molecule has 0 spiro atoms. The Labute approximate surface area is 173 Å². The molecule has 2 fully saturated rings. The summed E-state index contributed by atoms with van der Waals surface area (Å²) in [5.41, 5.74) is 5.92. The number of guanidine groups is 1. The van der Waals surface area contributed by atoms with Crippen LogP contribution in [0, 0.1) is 0 Å². The van der Waals surface area contributed by atoms with Crippen LogP contribution in [0.25, 0.3) is 0 Å². The number of alkyl halides is 3. The number of anilines is 1. The monoisotopic (exact) mass is 500 g/mol. The van der Waals surface area contributed by atoms with Crippen LogP contribution in [0.5, 0.6) is 0 Å². The van der Waals surface area contributed by atoms with Gasteiger partial charge in [0.25, 0.3) is 0 Å². The van der Waals surface area contributed by atoms with Crippen LogP contribution in [0.2, 0.25) is 0 Å². The third-order valence-corrected chi connectivity index (χ3v) is 4.52. The van der Waals surface area contributed by atoms with Gasteiger partial charge >= 0.3 is 6.18 Å². The van der Waals surface area contributed by atoms with Crippen LogP contribution in [0.1, 0.15) is 11.1 Å². The van der Waals surface area contributed by atoms with E-state index in [4.69, 9.17) is 15.2 Å². The topological polar surface area (TPSA) is 63.3 Å². The molecule has 6 nitrogen and oxygen atoms in total. The summed E-state index contributed by atoms with van der Waals surface area (Å²) < 4.78 is 51.1. The van der Waals surface area contributed by atoms with Crippen LogP contribution in [-0.4, -0.2) is 63.5 Å². The summed E-state index contributed by atoms with van der Waals surface area (Å²) in [5.74, 6) is 0.249. The fourth-order valence-electron chi connectivity index (χ4n) is 3.04.